The maximum atomic E-state index is 3.50. The Bertz CT molecular complexity index is 209. The third kappa shape index (κ3) is 5.33. The molecule has 1 atom stereocenters. The van der Waals surface area contributed by atoms with Crippen molar-refractivity contribution in [2.75, 3.05) is 26.2 Å². The van der Waals surface area contributed by atoms with Gasteiger partial charge in [-0.2, -0.15) is 0 Å². The molecule has 1 aliphatic rings. The second-order valence-electron chi connectivity index (χ2n) is 5.24. The second kappa shape index (κ2) is 6.29. The summed E-state index contributed by atoms with van der Waals surface area (Å²) < 4.78 is 0. The largest absolute Gasteiger partial charge is 0.314 e. The van der Waals surface area contributed by atoms with E-state index in [1.807, 2.05) is 0 Å². The minimum absolute atomic E-state index is 0.607. The number of hydrogen-bond donors (Lipinski definition) is 1. The van der Waals surface area contributed by atoms with Crippen LogP contribution in [0.4, 0.5) is 0 Å². The van der Waals surface area contributed by atoms with E-state index in [1.54, 1.807) is 0 Å². The summed E-state index contributed by atoms with van der Waals surface area (Å²) in [5.74, 6) is 0.748. The van der Waals surface area contributed by atoms with Crippen LogP contribution in [0.15, 0.2) is 11.6 Å². The van der Waals surface area contributed by atoms with Gasteiger partial charge in [-0.15, -0.1) is 0 Å². The molecule has 1 aliphatic heterocycles. The second-order valence-corrected chi connectivity index (χ2v) is 5.24. The lowest BCUT2D eigenvalue weighted by molar-refractivity contribution is 0.245. The Hall–Kier alpha value is -0.340. The molecule has 0 saturated carbocycles. The zero-order chi connectivity index (χ0) is 11.3. The maximum absolute atomic E-state index is 3.50. The Morgan fingerprint density at radius 2 is 2.13 bits per heavy atom. The molecule has 0 fully saturated rings. The van der Waals surface area contributed by atoms with Gasteiger partial charge in [-0.1, -0.05) is 32.4 Å². The highest BCUT2D eigenvalue weighted by Gasteiger charge is 2.13. The average Bonchev–Trinajstić information content (AvgIpc) is 2.15. The van der Waals surface area contributed by atoms with Crippen molar-refractivity contribution in [1.82, 2.24) is 10.2 Å². The van der Waals surface area contributed by atoms with Crippen LogP contribution in [0, 0.1) is 5.92 Å². The van der Waals surface area contributed by atoms with Crippen LogP contribution in [0.5, 0.6) is 0 Å². The van der Waals surface area contributed by atoms with Crippen molar-refractivity contribution < 1.29 is 0 Å². The molecule has 0 radical (unpaired) electrons. The summed E-state index contributed by atoms with van der Waals surface area (Å²) in [7, 11) is 0. The van der Waals surface area contributed by atoms with Gasteiger partial charge in [0.15, 0.2) is 0 Å². The van der Waals surface area contributed by atoms with Gasteiger partial charge in [0.05, 0.1) is 0 Å². The van der Waals surface area contributed by atoms with E-state index in [9.17, 15) is 0 Å². The lowest BCUT2D eigenvalue weighted by Crippen LogP contribution is -2.37. The van der Waals surface area contributed by atoms with Gasteiger partial charge < -0.3 is 5.32 Å². The normalized spacial score (nSPS) is 20.5. The van der Waals surface area contributed by atoms with Crippen LogP contribution in [0.1, 0.15) is 34.1 Å². The average molecular weight is 210 g/mol. The molecule has 1 rings (SSSR count). The molecule has 0 bridgehead atoms. The molecule has 1 unspecified atom stereocenters. The first-order chi connectivity index (χ1) is 7.08. The number of hydrogen-bond acceptors (Lipinski definition) is 2. The summed E-state index contributed by atoms with van der Waals surface area (Å²) in [5, 5.41) is 3.50. The third-order valence-electron chi connectivity index (χ3n) is 2.86. The summed E-state index contributed by atoms with van der Waals surface area (Å²) >= 11 is 0. The molecule has 1 heterocycles. The van der Waals surface area contributed by atoms with Crippen molar-refractivity contribution in [2.45, 2.75) is 40.2 Å². The lowest BCUT2D eigenvalue weighted by atomic mass is 10.1. The van der Waals surface area contributed by atoms with Gasteiger partial charge in [-0.25, -0.2) is 0 Å². The number of nitrogens with zero attached hydrogens (tertiary/aromatic N) is 1. The van der Waals surface area contributed by atoms with E-state index in [4.69, 9.17) is 0 Å². The van der Waals surface area contributed by atoms with Crippen LogP contribution >= 0.6 is 0 Å². The van der Waals surface area contributed by atoms with E-state index < -0.39 is 0 Å². The summed E-state index contributed by atoms with van der Waals surface area (Å²) in [6.45, 7) is 13.8. The first kappa shape index (κ1) is 12.7. The molecule has 0 saturated heterocycles. The highest BCUT2D eigenvalue weighted by atomic mass is 15.1. The van der Waals surface area contributed by atoms with Gasteiger partial charge in [-0.3, -0.25) is 4.90 Å². The lowest BCUT2D eigenvalue weighted by Gasteiger charge is -2.29. The van der Waals surface area contributed by atoms with Gasteiger partial charge >= 0.3 is 0 Å². The van der Waals surface area contributed by atoms with Crippen molar-refractivity contribution in [1.29, 1.82) is 0 Å². The summed E-state index contributed by atoms with van der Waals surface area (Å²) in [5.41, 5.74) is 1.53. The monoisotopic (exact) mass is 210 g/mol. The number of rotatable bonds is 5. The predicted molar refractivity (Wildman–Crippen MR) is 67.1 cm³/mol. The quantitative estimate of drug-likeness (QED) is 0.700. The molecule has 0 aromatic carbocycles. The Morgan fingerprint density at radius 1 is 1.40 bits per heavy atom. The van der Waals surface area contributed by atoms with Crippen molar-refractivity contribution in [2.24, 2.45) is 5.92 Å². The standard InChI is InChI=1S/C13H26N2/c1-11(2)14-8-13(4)10-15-7-5-6-12(3)9-15/h6,11,13-14H,5,7-10H2,1-4H3. The summed E-state index contributed by atoms with van der Waals surface area (Å²) in [4.78, 5) is 2.57. The first-order valence-corrected chi connectivity index (χ1v) is 6.19. The van der Waals surface area contributed by atoms with E-state index in [0.29, 0.717) is 6.04 Å². The van der Waals surface area contributed by atoms with E-state index in [0.717, 1.165) is 12.5 Å². The van der Waals surface area contributed by atoms with Crippen LogP contribution < -0.4 is 5.32 Å². The minimum atomic E-state index is 0.607. The third-order valence-corrected chi connectivity index (χ3v) is 2.86. The fraction of sp³-hybridized carbons (Fsp3) is 0.846. The molecule has 0 spiro atoms. The SMILES string of the molecule is CC1=CCCN(CC(C)CNC(C)C)C1. The van der Waals surface area contributed by atoms with Gasteiger partial charge in [-0.05, 0) is 25.8 Å². The predicted octanol–water partition coefficient (Wildman–Crippen LogP) is 2.27. The maximum Gasteiger partial charge on any atom is 0.0190 e. The highest BCUT2D eigenvalue weighted by Crippen LogP contribution is 2.10. The van der Waals surface area contributed by atoms with Gasteiger partial charge in [0.2, 0.25) is 0 Å². The molecule has 2 nitrogen and oxygen atoms in total. The fourth-order valence-electron chi connectivity index (χ4n) is 2.09. The molecule has 0 aliphatic carbocycles. The van der Waals surface area contributed by atoms with Gasteiger partial charge in [0.1, 0.15) is 0 Å². The summed E-state index contributed by atoms with van der Waals surface area (Å²) in [6.07, 6.45) is 3.60. The van der Waals surface area contributed by atoms with Gasteiger partial charge in [0.25, 0.3) is 0 Å². The van der Waals surface area contributed by atoms with E-state index in [1.165, 1.54) is 31.6 Å². The van der Waals surface area contributed by atoms with E-state index in [2.05, 4.69) is 44.0 Å². The molecule has 0 aromatic heterocycles. The molecule has 1 N–H and O–H groups in total. The smallest absolute Gasteiger partial charge is 0.0190 e. The van der Waals surface area contributed by atoms with Crippen molar-refractivity contribution >= 4 is 0 Å². The van der Waals surface area contributed by atoms with E-state index >= 15 is 0 Å². The zero-order valence-electron chi connectivity index (χ0n) is 10.7. The fourth-order valence-corrected chi connectivity index (χ4v) is 2.09. The molecule has 0 amide bonds. The zero-order valence-corrected chi connectivity index (χ0v) is 10.7. The van der Waals surface area contributed by atoms with Crippen molar-refractivity contribution in [3.8, 4) is 0 Å². The molecular formula is C13H26N2. The van der Waals surface area contributed by atoms with E-state index in [-0.39, 0.29) is 0 Å². The van der Waals surface area contributed by atoms with Crippen LogP contribution in [0.3, 0.4) is 0 Å². The van der Waals surface area contributed by atoms with Crippen LogP contribution in [0.2, 0.25) is 0 Å². The Kier molecular flexibility index (Phi) is 5.34. The minimum Gasteiger partial charge on any atom is -0.314 e. The van der Waals surface area contributed by atoms with Crippen molar-refractivity contribution in [3.05, 3.63) is 11.6 Å². The molecule has 88 valence electrons. The molecule has 0 aromatic rings. The summed E-state index contributed by atoms with van der Waals surface area (Å²) in [6, 6.07) is 0.607. The van der Waals surface area contributed by atoms with Crippen LogP contribution in [-0.2, 0) is 0 Å². The first-order valence-electron chi connectivity index (χ1n) is 6.19. The molecule has 15 heavy (non-hydrogen) atoms. The Balaban J connectivity index is 2.20. The molecule has 2 heteroatoms. The topological polar surface area (TPSA) is 15.3 Å². The number of nitrogens with one attached hydrogen (secondary N) is 1. The highest BCUT2D eigenvalue weighted by molar-refractivity contribution is 5.04. The van der Waals surface area contributed by atoms with Gasteiger partial charge in [0, 0.05) is 25.7 Å². The van der Waals surface area contributed by atoms with Crippen molar-refractivity contribution in [3.63, 3.8) is 0 Å². The Labute approximate surface area is 94.7 Å². The van der Waals surface area contributed by atoms with Crippen LogP contribution in [0.25, 0.3) is 0 Å². The van der Waals surface area contributed by atoms with Crippen LogP contribution in [-0.4, -0.2) is 37.1 Å². The molecular weight excluding hydrogens is 184 g/mol. The Morgan fingerprint density at radius 3 is 2.73 bits per heavy atom.